The van der Waals surface area contributed by atoms with E-state index in [1.807, 2.05) is 13.0 Å². The largest absolute Gasteiger partial charge is 0.381 e. The zero-order valence-electron chi connectivity index (χ0n) is 11.7. The highest BCUT2D eigenvalue weighted by Crippen LogP contribution is 2.18. The Labute approximate surface area is 130 Å². The van der Waals surface area contributed by atoms with Crippen LogP contribution in [0.1, 0.15) is 24.6 Å². The molecule has 114 valence electrons. The van der Waals surface area contributed by atoms with Crippen LogP contribution < -0.4 is 11.1 Å². The van der Waals surface area contributed by atoms with Crippen molar-refractivity contribution in [3.05, 3.63) is 22.4 Å². The molecular weight excluding hydrogens is 296 g/mol. The number of rotatable bonds is 5. The summed E-state index contributed by atoms with van der Waals surface area (Å²) >= 11 is 1.72. The molecule has 0 bridgehead atoms. The molecule has 6 heteroatoms. The first kappa shape index (κ1) is 17.4. The molecule has 2 unspecified atom stereocenters. The molecule has 0 saturated carbocycles. The van der Waals surface area contributed by atoms with Crippen molar-refractivity contribution >= 4 is 29.7 Å². The normalized spacial score (nSPS) is 18.9. The molecule has 2 atom stereocenters. The van der Waals surface area contributed by atoms with E-state index in [2.05, 4.69) is 16.8 Å². The van der Waals surface area contributed by atoms with Crippen molar-refractivity contribution in [2.24, 2.45) is 11.7 Å². The minimum Gasteiger partial charge on any atom is -0.381 e. The molecule has 3 N–H and O–H groups in total. The zero-order valence-corrected chi connectivity index (χ0v) is 13.3. The van der Waals surface area contributed by atoms with E-state index in [1.54, 1.807) is 11.3 Å². The fourth-order valence-electron chi connectivity index (χ4n) is 2.41. The Morgan fingerprint density at radius 3 is 2.85 bits per heavy atom. The molecule has 0 spiro atoms. The molecule has 0 radical (unpaired) electrons. The van der Waals surface area contributed by atoms with Gasteiger partial charge in [-0.15, -0.1) is 23.7 Å². The Morgan fingerprint density at radius 2 is 2.25 bits per heavy atom. The summed E-state index contributed by atoms with van der Waals surface area (Å²) in [5, 5.41) is 5.07. The van der Waals surface area contributed by atoms with Gasteiger partial charge in [0.2, 0.25) is 5.91 Å². The molecule has 1 aromatic heterocycles. The lowest BCUT2D eigenvalue weighted by atomic mass is 9.91. The molecule has 1 aliphatic heterocycles. The molecule has 2 heterocycles. The molecule has 4 nitrogen and oxygen atoms in total. The number of hydrogen-bond acceptors (Lipinski definition) is 4. The van der Waals surface area contributed by atoms with Crippen molar-refractivity contribution in [1.82, 2.24) is 5.32 Å². The third kappa shape index (κ3) is 5.05. The van der Waals surface area contributed by atoms with Gasteiger partial charge in [0.1, 0.15) is 0 Å². The van der Waals surface area contributed by atoms with E-state index in [4.69, 9.17) is 10.5 Å². The SMILES string of the molecule is CC(Cc1cccs1)NC(=O)C(N)C1CCOCC1.Cl. The molecule has 1 amide bonds. The van der Waals surface area contributed by atoms with Crippen molar-refractivity contribution in [3.8, 4) is 0 Å². The number of carbonyl (C=O) groups excluding carboxylic acids is 1. The number of ether oxygens (including phenoxy) is 1. The van der Waals surface area contributed by atoms with Crippen molar-refractivity contribution in [2.45, 2.75) is 38.3 Å². The van der Waals surface area contributed by atoms with Gasteiger partial charge in [-0.1, -0.05) is 6.07 Å². The van der Waals surface area contributed by atoms with Crippen molar-refractivity contribution in [1.29, 1.82) is 0 Å². The van der Waals surface area contributed by atoms with E-state index in [9.17, 15) is 4.79 Å². The molecule has 20 heavy (non-hydrogen) atoms. The van der Waals surface area contributed by atoms with Crippen LogP contribution in [0.4, 0.5) is 0 Å². The number of halogens is 1. The summed E-state index contributed by atoms with van der Waals surface area (Å²) in [6, 6.07) is 3.83. The van der Waals surface area contributed by atoms with Crippen LogP contribution in [-0.4, -0.2) is 31.2 Å². The number of hydrogen-bond donors (Lipinski definition) is 2. The number of thiophene rings is 1. The highest BCUT2D eigenvalue weighted by atomic mass is 35.5. The van der Waals surface area contributed by atoms with Gasteiger partial charge < -0.3 is 15.8 Å². The maximum absolute atomic E-state index is 12.1. The van der Waals surface area contributed by atoms with Crippen LogP contribution in [0.3, 0.4) is 0 Å². The second kappa shape index (κ2) is 8.62. The topological polar surface area (TPSA) is 64.4 Å². The van der Waals surface area contributed by atoms with Crippen molar-refractivity contribution < 1.29 is 9.53 Å². The third-order valence-corrected chi connectivity index (χ3v) is 4.45. The summed E-state index contributed by atoms with van der Waals surface area (Å²) in [6.45, 7) is 3.46. The second-order valence-corrected chi connectivity index (χ2v) is 6.20. The zero-order chi connectivity index (χ0) is 13.7. The standard InChI is InChI=1S/C14H22N2O2S.ClH/c1-10(9-12-3-2-8-19-12)16-14(17)13(15)11-4-6-18-7-5-11;/h2-3,8,10-11,13H,4-7,9,15H2,1H3,(H,16,17);1H. The molecular formula is C14H23ClN2O2S. The highest BCUT2D eigenvalue weighted by Gasteiger charge is 2.27. The van der Waals surface area contributed by atoms with Crippen LogP contribution >= 0.6 is 23.7 Å². The molecule has 1 aromatic rings. The summed E-state index contributed by atoms with van der Waals surface area (Å²) in [6.07, 6.45) is 2.63. The summed E-state index contributed by atoms with van der Waals surface area (Å²) in [5.74, 6) is 0.221. The predicted molar refractivity (Wildman–Crippen MR) is 84.4 cm³/mol. The maximum atomic E-state index is 12.1. The molecule has 2 rings (SSSR count). The van der Waals surface area contributed by atoms with Gasteiger partial charge in [0, 0.05) is 30.6 Å². The lowest BCUT2D eigenvalue weighted by Gasteiger charge is -2.27. The van der Waals surface area contributed by atoms with Crippen LogP contribution in [0.15, 0.2) is 17.5 Å². The first-order chi connectivity index (χ1) is 9.16. The van der Waals surface area contributed by atoms with Gasteiger partial charge in [-0.2, -0.15) is 0 Å². The fraction of sp³-hybridized carbons (Fsp3) is 0.643. The van der Waals surface area contributed by atoms with Crippen molar-refractivity contribution in [2.75, 3.05) is 13.2 Å². The quantitative estimate of drug-likeness (QED) is 0.872. The Morgan fingerprint density at radius 1 is 1.55 bits per heavy atom. The van der Waals surface area contributed by atoms with Gasteiger partial charge in [0.05, 0.1) is 6.04 Å². The summed E-state index contributed by atoms with van der Waals surface area (Å²) in [5.41, 5.74) is 6.05. The monoisotopic (exact) mass is 318 g/mol. The van der Waals surface area contributed by atoms with Crippen LogP contribution in [0, 0.1) is 5.92 Å². The van der Waals surface area contributed by atoms with E-state index in [0.29, 0.717) is 0 Å². The van der Waals surface area contributed by atoms with Gasteiger partial charge in [-0.25, -0.2) is 0 Å². The lowest BCUT2D eigenvalue weighted by Crippen LogP contribution is -2.49. The van der Waals surface area contributed by atoms with Gasteiger partial charge >= 0.3 is 0 Å². The Bertz CT molecular complexity index is 394. The van der Waals surface area contributed by atoms with Gasteiger partial charge in [-0.05, 0) is 37.1 Å². The maximum Gasteiger partial charge on any atom is 0.237 e. The number of nitrogens with two attached hydrogens (primary N) is 1. The molecule has 0 aromatic carbocycles. The van der Waals surface area contributed by atoms with Crippen molar-refractivity contribution in [3.63, 3.8) is 0 Å². The van der Waals surface area contributed by atoms with Gasteiger partial charge in [0.25, 0.3) is 0 Å². The lowest BCUT2D eigenvalue weighted by molar-refractivity contribution is -0.124. The molecule has 1 aliphatic rings. The number of carbonyl (C=O) groups is 1. The summed E-state index contributed by atoms with van der Waals surface area (Å²) < 4.78 is 5.29. The summed E-state index contributed by atoms with van der Waals surface area (Å²) in [7, 11) is 0. The smallest absolute Gasteiger partial charge is 0.237 e. The van der Waals surface area contributed by atoms with E-state index >= 15 is 0 Å². The molecule has 1 saturated heterocycles. The summed E-state index contributed by atoms with van der Waals surface area (Å²) in [4.78, 5) is 13.4. The van der Waals surface area contributed by atoms with Crippen LogP contribution in [0.2, 0.25) is 0 Å². The average molecular weight is 319 g/mol. The average Bonchev–Trinajstić information content (AvgIpc) is 2.91. The van der Waals surface area contributed by atoms with Crippen LogP contribution in [0.25, 0.3) is 0 Å². The Kier molecular flexibility index (Phi) is 7.51. The van der Waals surface area contributed by atoms with E-state index < -0.39 is 6.04 Å². The number of amides is 1. The fourth-order valence-corrected chi connectivity index (χ4v) is 3.24. The number of nitrogens with one attached hydrogen (secondary N) is 1. The van der Waals surface area contributed by atoms with Gasteiger partial charge in [-0.3, -0.25) is 4.79 Å². The predicted octanol–water partition coefficient (Wildman–Crippen LogP) is 1.97. The molecule has 1 fully saturated rings. The third-order valence-electron chi connectivity index (χ3n) is 3.55. The highest BCUT2D eigenvalue weighted by molar-refractivity contribution is 7.09. The van der Waals surface area contributed by atoms with E-state index in [-0.39, 0.29) is 30.3 Å². The van der Waals surface area contributed by atoms with E-state index in [0.717, 1.165) is 32.5 Å². The van der Waals surface area contributed by atoms with Crippen LogP contribution in [0.5, 0.6) is 0 Å². The minimum atomic E-state index is -0.408. The van der Waals surface area contributed by atoms with Crippen LogP contribution in [-0.2, 0) is 16.0 Å². The Balaban J connectivity index is 0.00000200. The first-order valence-corrected chi connectivity index (χ1v) is 7.71. The molecule has 0 aliphatic carbocycles. The van der Waals surface area contributed by atoms with Gasteiger partial charge in [0.15, 0.2) is 0 Å². The first-order valence-electron chi connectivity index (χ1n) is 6.83. The second-order valence-electron chi connectivity index (χ2n) is 5.17. The Hall–Kier alpha value is -0.620. The minimum absolute atomic E-state index is 0. The van der Waals surface area contributed by atoms with E-state index in [1.165, 1.54) is 4.88 Å².